The highest BCUT2D eigenvalue weighted by Crippen LogP contribution is 2.23. The summed E-state index contributed by atoms with van der Waals surface area (Å²) in [6.45, 7) is 2.07. The number of nitrogens with zero attached hydrogens (tertiary/aromatic N) is 6. The average molecular weight is 406 g/mol. The molecule has 0 spiro atoms. The van der Waals surface area contributed by atoms with E-state index in [0.29, 0.717) is 23.0 Å². The Labute approximate surface area is 174 Å². The standard InChI is InChI=1S/C22H26N6O2/c29-21(26-10-5-6-17(13-26)28-15-23-14-24-28)16-8-9-18-19(12-16)25-20-7-3-1-2-4-11-27(20)22(18)30/h8-9,12,14-15,17H,1-7,10-11,13H2. The molecule has 30 heavy (non-hydrogen) atoms. The van der Waals surface area contributed by atoms with E-state index in [9.17, 15) is 9.59 Å². The van der Waals surface area contributed by atoms with Crippen LogP contribution < -0.4 is 5.56 Å². The van der Waals surface area contributed by atoms with Gasteiger partial charge in [-0.15, -0.1) is 0 Å². The Balaban J connectivity index is 1.45. The van der Waals surface area contributed by atoms with Crippen molar-refractivity contribution < 1.29 is 4.79 Å². The van der Waals surface area contributed by atoms with E-state index in [0.717, 1.165) is 57.4 Å². The van der Waals surface area contributed by atoms with Crippen molar-refractivity contribution in [3.05, 3.63) is 52.6 Å². The Morgan fingerprint density at radius 3 is 2.83 bits per heavy atom. The molecule has 5 rings (SSSR count). The van der Waals surface area contributed by atoms with Crippen LogP contribution in [0.1, 0.15) is 60.7 Å². The summed E-state index contributed by atoms with van der Waals surface area (Å²) < 4.78 is 3.66. The molecule has 1 saturated heterocycles. The van der Waals surface area contributed by atoms with E-state index in [1.54, 1.807) is 24.5 Å². The monoisotopic (exact) mass is 406 g/mol. The molecule has 1 aromatic carbocycles. The largest absolute Gasteiger partial charge is 0.336 e. The molecule has 0 aliphatic carbocycles. The number of hydrogen-bond donors (Lipinski definition) is 0. The third kappa shape index (κ3) is 3.51. The number of aromatic nitrogens is 5. The third-order valence-electron chi connectivity index (χ3n) is 6.31. The molecule has 0 N–H and O–H groups in total. The highest BCUT2D eigenvalue weighted by atomic mass is 16.2. The lowest BCUT2D eigenvalue weighted by Gasteiger charge is -2.32. The molecule has 8 nitrogen and oxygen atoms in total. The van der Waals surface area contributed by atoms with Crippen LogP contribution in [-0.2, 0) is 13.0 Å². The number of amides is 1. The highest BCUT2D eigenvalue weighted by molar-refractivity contribution is 5.97. The number of piperidine rings is 1. The quantitative estimate of drug-likeness (QED) is 0.653. The zero-order valence-electron chi connectivity index (χ0n) is 17.0. The smallest absolute Gasteiger partial charge is 0.261 e. The molecule has 0 radical (unpaired) electrons. The SMILES string of the molecule is O=C(c1ccc2c(=O)n3c(nc2c1)CCCCCC3)N1CCCC(n2cncn2)C1. The van der Waals surface area contributed by atoms with Crippen LogP contribution >= 0.6 is 0 Å². The van der Waals surface area contributed by atoms with Crippen molar-refractivity contribution in [1.29, 1.82) is 0 Å². The summed E-state index contributed by atoms with van der Waals surface area (Å²) in [7, 11) is 0. The lowest BCUT2D eigenvalue weighted by molar-refractivity contribution is 0.0673. The molecule has 156 valence electrons. The molecule has 3 aromatic rings. The predicted molar refractivity (Wildman–Crippen MR) is 112 cm³/mol. The number of benzene rings is 1. The maximum absolute atomic E-state index is 13.2. The van der Waals surface area contributed by atoms with E-state index in [2.05, 4.69) is 10.1 Å². The molecule has 0 saturated carbocycles. The summed E-state index contributed by atoms with van der Waals surface area (Å²) in [4.78, 5) is 36.9. The van der Waals surface area contributed by atoms with Gasteiger partial charge in [0.2, 0.25) is 0 Å². The lowest BCUT2D eigenvalue weighted by Crippen LogP contribution is -2.40. The third-order valence-corrected chi connectivity index (χ3v) is 6.31. The van der Waals surface area contributed by atoms with E-state index in [-0.39, 0.29) is 17.5 Å². The van der Waals surface area contributed by atoms with Gasteiger partial charge in [0.1, 0.15) is 18.5 Å². The molecule has 0 bridgehead atoms. The first kappa shape index (κ1) is 19.0. The average Bonchev–Trinajstić information content (AvgIpc) is 3.29. The number of hydrogen-bond acceptors (Lipinski definition) is 5. The summed E-state index contributed by atoms with van der Waals surface area (Å²) in [5, 5.41) is 4.83. The van der Waals surface area contributed by atoms with Gasteiger partial charge in [0.25, 0.3) is 11.5 Å². The van der Waals surface area contributed by atoms with Gasteiger partial charge < -0.3 is 4.90 Å². The van der Waals surface area contributed by atoms with Gasteiger partial charge >= 0.3 is 0 Å². The van der Waals surface area contributed by atoms with E-state index in [1.165, 1.54) is 12.7 Å². The molecule has 8 heteroatoms. The molecule has 1 fully saturated rings. The van der Waals surface area contributed by atoms with Gasteiger partial charge in [0, 0.05) is 31.6 Å². The Bertz CT molecular complexity index is 1120. The molecule has 1 atom stereocenters. The van der Waals surface area contributed by atoms with Crippen molar-refractivity contribution in [3.63, 3.8) is 0 Å². The van der Waals surface area contributed by atoms with Gasteiger partial charge in [-0.1, -0.05) is 12.8 Å². The van der Waals surface area contributed by atoms with Crippen molar-refractivity contribution in [2.45, 2.75) is 57.5 Å². The fraction of sp³-hybridized carbons (Fsp3) is 0.500. The second-order valence-corrected chi connectivity index (χ2v) is 8.30. The summed E-state index contributed by atoms with van der Waals surface area (Å²) in [5.41, 5.74) is 1.23. The summed E-state index contributed by atoms with van der Waals surface area (Å²) in [6.07, 6.45) is 10.4. The van der Waals surface area contributed by atoms with Gasteiger partial charge in [-0.05, 0) is 43.9 Å². The first-order valence-corrected chi connectivity index (χ1v) is 10.9. The van der Waals surface area contributed by atoms with Crippen molar-refractivity contribution in [3.8, 4) is 0 Å². The minimum Gasteiger partial charge on any atom is -0.336 e. The zero-order valence-corrected chi connectivity index (χ0v) is 17.0. The van der Waals surface area contributed by atoms with Gasteiger partial charge in [-0.2, -0.15) is 5.10 Å². The first-order chi connectivity index (χ1) is 14.7. The molecule has 2 aliphatic heterocycles. The maximum Gasteiger partial charge on any atom is 0.261 e. The fourth-order valence-electron chi connectivity index (χ4n) is 4.67. The van der Waals surface area contributed by atoms with Gasteiger partial charge in [-0.3, -0.25) is 14.2 Å². The van der Waals surface area contributed by atoms with Crippen LogP contribution in [0.3, 0.4) is 0 Å². The molecule has 1 unspecified atom stereocenters. The second-order valence-electron chi connectivity index (χ2n) is 8.30. The Kier molecular flexibility index (Phi) is 5.06. The molecule has 1 amide bonds. The highest BCUT2D eigenvalue weighted by Gasteiger charge is 2.26. The topological polar surface area (TPSA) is 85.9 Å². The molecular formula is C22H26N6O2. The Morgan fingerprint density at radius 1 is 1.07 bits per heavy atom. The lowest BCUT2D eigenvalue weighted by atomic mass is 10.0. The van der Waals surface area contributed by atoms with Crippen LogP contribution in [0.4, 0.5) is 0 Å². The van der Waals surface area contributed by atoms with Gasteiger partial charge in [-0.25, -0.2) is 14.6 Å². The molecular weight excluding hydrogens is 380 g/mol. The minimum absolute atomic E-state index is 0.0140. The summed E-state index contributed by atoms with van der Waals surface area (Å²) >= 11 is 0. The fourth-order valence-corrected chi connectivity index (χ4v) is 4.67. The molecule has 4 heterocycles. The van der Waals surface area contributed by atoms with E-state index in [4.69, 9.17) is 4.98 Å². The molecule has 2 aromatic heterocycles. The molecule has 2 aliphatic rings. The van der Waals surface area contributed by atoms with Crippen LogP contribution in [-0.4, -0.2) is 48.2 Å². The van der Waals surface area contributed by atoms with Crippen molar-refractivity contribution >= 4 is 16.8 Å². The first-order valence-electron chi connectivity index (χ1n) is 10.9. The van der Waals surface area contributed by atoms with E-state index >= 15 is 0 Å². The number of likely N-dealkylation sites (tertiary alicyclic amines) is 1. The number of aryl methyl sites for hydroxylation is 1. The summed E-state index contributed by atoms with van der Waals surface area (Å²) in [5.74, 6) is 0.830. The summed E-state index contributed by atoms with van der Waals surface area (Å²) in [6, 6.07) is 5.47. The number of carbonyl (C=O) groups excluding carboxylic acids is 1. The van der Waals surface area contributed by atoms with Gasteiger partial charge in [0.15, 0.2) is 0 Å². The normalized spacial score (nSPS) is 19.9. The van der Waals surface area contributed by atoms with Crippen LogP contribution in [0.15, 0.2) is 35.6 Å². The van der Waals surface area contributed by atoms with Crippen molar-refractivity contribution in [1.82, 2.24) is 29.2 Å². The minimum atomic E-state index is -0.0182. The second kappa shape index (κ2) is 8.01. The Hall–Kier alpha value is -3.03. The number of rotatable bonds is 2. The van der Waals surface area contributed by atoms with Crippen LogP contribution in [0, 0.1) is 0 Å². The Morgan fingerprint density at radius 2 is 1.97 bits per heavy atom. The predicted octanol–water partition coefficient (Wildman–Crippen LogP) is 2.58. The number of carbonyl (C=O) groups is 1. The van der Waals surface area contributed by atoms with Crippen LogP contribution in [0.5, 0.6) is 0 Å². The maximum atomic E-state index is 13.2. The van der Waals surface area contributed by atoms with E-state index in [1.807, 2.05) is 14.1 Å². The van der Waals surface area contributed by atoms with Crippen LogP contribution in [0.25, 0.3) is 10.9 Å². The van der Waals surface area contributed by atoms with Crippen LogP contribution in [0.2, 0.25) is 0 Å². The zero-order chi connectivity index (χ0) is 20.5. The van der Waals surface area contributed by atoms with E-state index < -0.39 is 0 Å². The number of fused-ring (bicyclic) bond motifs is 2. The van der Waals surface area contributed by atoms with Gasteiger partial charge in [0.05, 0.1) is 16.9 Å². The van der Waals surface area contributed by atoms with Crippen molar-refractivity contribution in [2.24, 2.45) is 0 Å². The van der Waals surface area contributed by atoms with Crippen molar-refractivity contribution in [2.75, 3.05) is 13.1 Å².